The van der Waals surface area contributed by atoms with E-state index >= 15 is 0 Å². The molecule has 0 spiro atoms. The van der Waals surface area contributed by atoms with Crippen molar-refractivity contribution in [2.24, 2.45) is 0 Å². The Morgan fingerprint density at radius 1 is 1.46 bits per heavy atom. The predicted molar refractivity (Wildman–Crippen MR) is 139 cm³/mol. The lowest BCUT2D eigenvalue weighted by Crippen LogP contribution is -2.36. The van der Waals surface area contributed by atoms with Gasteiger partial charge in [-0.2, -0.15) is 10.1 Å². The predicted octanol–water partition coefficient (Wildman–Crippen LogP) is 2.36. The summed E-state index contributed by atoms with van der Waals surface area (Å²) in [4.78, 5) is 34.8. The molecular formula is C23H32FN6O8P. The number of carbonyl (C=O) groups excluding carboxylic acids is 1. The highest BCUT2D eigenvalue weighted by atomic mass is 31.2. The number of fused-ring (bicyclic) bond motifs is 1. The summed E-state index contributed by atoms with van der Waals surface area (Å²) in [6.45, 7) is 8.99. The number of aliphatic hydroxyl groups is 1. The Hall–Kier alpha value is -3.36. The number of anilines is 1. The van der Waals surface area contributed by atoms with Crippen LogP contribution in [0.2, 0.25) is 0 Å². The number of ether oxygens (including phenoxy) is 2. The number of rotatable bonds is 12. The summed E-state index contributed by atoms with van der Waals surface area (Å²) in [5.41, 5.74) is 5.30. The van der Waals surface area contributed by atoms with Gasteiger partial charge in [-0.05, 0) is 45.9 Å². The Morgan fingerprint density at radius 3 is 2.85 bits per heavy atom. The third-order valence-corrected chi connectivity index (χ3v) is 7.09. The van der Waals surface area contributed by atoms with Crippen LogP contribution in [-0.2, 0) is 27.9 Å². The van der Waals surface area contributed by atoms with E-state index < -0.39 is 62.3 Å². The van der Waals surface area contributed by atoms with E-state index in [1.54, 1.807) is 13.8 Å². The van der Waals surface area contributed by atoms with Gasteiger partial charge in [0.05, 0.1) is 25.1 Å². The van der Waals surface area contributed by atoms with Crippen LogP contribution in [0.3, 0.4) is 0 Å². The molecule has 0 saturated carbocycles. The lowest BCUT2D eigenvalue weighted by molar-refractivity contribution is -0.149. The number of aromatic amines is 1. The zero-order valence-electron chi connectivity index (χ0n) is 21.9. The Bertz CT molecular complexity index is 1370. The summed E-state index contributed by atoms with van der Waals surface area (Å²) in [6.07, 6.45) is 1.32. The first-order valence-corrected chi connectivity index (χ1v) is 13.5. The van der Waals surface area contributed by atoms with Gasteiger partial charge in [-0.25, -0.2) is 13.9 Å². The van der Waals surface area contributed by atoms with E-state index in [4.69, 9.17) is 24.3 Å². The van der Waals surface area contributed by atoms with Gasteiger partial charge in [0, 0.05) is 6.42 Å². The summed E-state index contributed by atoms with van der Waals surface area (Å²) >= 11 is 0. The zero-order valence-corrected chi connectivity index (χ0v) is 22.8. The smallest absolute Gasteiger partial charge is 0.459 e. The quantitative estimate of drug-likeness (QED) is 0.126. The van der Waals surface area contributed by atoms with Crippen molar-refractivity contribution in [2.45, 2.75) is 64.7 Å². The van der Waals surface area contributed by atoms with Crippen LogP contribution in [0.25, 0.3) is 11.2 Å². The van der Waals surface area contributed by atoms with E-state index in [1.165, 1.54) is 30.8 Å². The highest BCUT2D eigenvalue weighted by molar-refractivity contribution is 7.51. The van der Waals surface area contributed by atoms with Crippen molar-refractivity contribution in [3.8, 4) is 0 Å². The van der Waals surface area contributed by atoms with E-state index in [-0.39, 0.29) is 29.3 Å². The fourth-order valence-corrected chi connectivity index (χ4v) is 5.10. The molecule has 1 unspecified atom stereocenters. The van der Waals surface area contributed by atoms with Gasteiger partial charge >= 0.3 is 13.7 Å². The molecule has 5 atom stereocenters. The van der Waals surface area contributed by atoms with E-state index in [2.05, 4.69) is 26.6 Å². The lowest BCUT2D eigenvalue weighted by atomic mass is 10.2. The van der Waals surface area contributed by atoms with Crippen LogP contribution in [0, 0.1) is 0 Å². The fourth-order valence-electron chi connectivity index (χ4n) is 3.56. The summed E-state index contributed by atoms with van der Waals surface area (Å²) in [7, 11) is -4.29. The molecule has 0 aromatic carbocycles. The van der Waals surface area contributed by atoms with Gasteiger partial charge in [0.25, 0.3) is 5.56 Å². The summed E-state index contributed by atoms with van der Waals surface area (Å²) in [5, 5.41) is 13.1. The number of esters is 1. The minimum atomic E-state index is -4.29. The molecule has 0 radical (unpaired) electrons. The maximum Gasteiger partial charge on any atom is 0.459 e. The zero-order chi connectivity index (χ0) is 28.9. The number of halogens is 1. The average molecular weight is 571 g/mol. The standard InChI is InChI=1S/C23H32FN6O8P/c1-6-15(24)8-7-13(4)38-39(34,29-14(5)22(33)36-12(2)3)35-10-17-16(31)9-18(37-17)30-11-26-19-20(30)27-23(25)28-21(19)32/h6-8,11-12,14,16-18,31H,1,9-10H2,2-5H3,(H,29,34)(H3,25,27,28,32)/b13-7+,15-8+/t14-,16+,17+,18+,39?/m0/s1. The maximum atomic E-state index is 13.6. The molecule has 2 aromatic heterocycles. The highest BCUT2D eigenvalue weighted by Crippen LogP contribution is 2.47. The largest absolute Gasteiger partial charge is 0.462 e. The molecule has 14 nitrogen and oxygen atoms in total. The van der Waals surface area contributed by atoms with Crippen LogP contribution < -0.4 is 16.4 Å². The Kier molecular flexibility index (Phi) is 9.80. The van der Waals surface area contributed by atoms with Crippen molar-refractivity contribution in [3.05, 3.63) is 53.1 Å². The van der Waals surface area contributed by atoms with Crippen LogP contribution in [0.4, 0.5) is 10.3 Å². The van der Waals surface area contributed by atoms with E-state index in [0.29, 0.717) is 0 Å². The van der Waals surface area contributed by atoms with Gasteiger partial charge in [0.15, 0.2) is 11.2 Å². The molecule has 5 N–H and O–H groups in total. The summed E-state index contributed by atoms with van der Waals surface area (Å²) in [5.74, 6) is -1.48. The summed E-state index contributed by atoms with van der Waals surface area (Å²) < 4.78 is 50.5. The number of nitrogens with two attached hydrogens (primary N) is 1. The Morgan fingerprint density at radius 2 is 2.18 bits per heavy atom. The number of imidazole rings is 1. The second-order valence-corrected chi connectivity index (χ2v) is 10.7. The number of nitrogens with one attached hydrogen (secondary N) is 2. The van der Waals surface area contributed by atoms with Crippen LogP contribution in [0.15, 0.2) is 47.5 Å². The SMILES string of the molecule is C=C/C(F)=C\C=C(/C)OP(=O)(N[C@@H](C)C(=O)OC(C)C)OC[C@H]1O[C@@H](n2cnc3c(=O)[nH]c(N)nc32)C[C@H]1O. The molecule has 2 aromatic rings. The number of nitrogens with zero attached hydrogens (tertiary/aromatic N) is 3. The number of aromatic nitrogens is 4. The number of nitrogen functional groups attached to an aromatic ring is 1. The van der Waals surface area contributed by atoms with Gasteiger partial charge in [-0.3, -0.25) is 23.7 Å². The van der Waals surface area contributed by atoms with Gasteiger partial charge in [0.1, 0.15) is 30.0 Å². The first-order valence-electron chi connectivity index (χ1n) is 12.0. The normalized spacial score (nSPS) is 22.6. The minimum Gasteiger partial charge on any atom is -0.462 e. The number of hydrogen-bond donors (Lipinski definition) is 4. The fraction of sp³-hybridized carbons (Fsp3) is 0.478. The van der Waals surface area contributed by atoms with Crippen LogP contribution in [-0.4, -0.2) is 61.6 Å². The second-order valence-electron chi connectivity index (χ2n) is 8.96. The van der Waals surface area contributed by atoms with Crippen molar-refractivity contribution in [3.63, 3.8) is 0 Å². The number of H-pyrrole nitrogens is 1. The van der Waals surface area contributed by atoms with E-state index in [9.17, 15) is 23.7 Å². The molecule has 0 amide bonds. The van der Waals surface area contributed by atoms with Crippen molar-refractivity contribution >= 4 is 30.8 Å². The van der Waals surface area contributed by atoms with Crippen LogP contribution in [0.1, 0.15) is 40.3 Å². The Balaban J connectivity index is 1.77. The molecule has 39 heavy (non-hydrogen) atoms. The second kappa shape index (κ2) is 12.7. The van der Waals surface area contributed by atoms with Crippen LogP contribution in [0.5, 0.6) is 0 Å². The third kappa shape index (κ3) is 7.83. The molecule has 3 rings (SSSR count). The molecule has 16 heteroatoms. The molecule has 1 aliphatic rings. The summed E-state index contributed by atoms with van der Waals surface area (Å²) in [6, 6.07) is -1.11. The molecule has 0 aliphatic carbocycles. The molecular weight excluding hydrogens is 538 g/mol. The molecule has 1 saturated heterocycles. The molecule has 1 aliphatic heterocycles. The molecule has 1 fully saturated rings. The van der Waals surface area contributed by atoms with Gasteiger partial charge in [0.2, 0.25) is 5.95 Å². The van der Waals surface area contributed by atoms with Crippen molar-refractivity contribution in [1.29, 1.82) is 0 Å². The van der Waals surface area contributed by atoms with E-state index in [1.807, 2.05) is 0 Å². The van der Waals surface area contributed by atoms with E-state index in [0.717, 1.165) is 12.2 Å². The van der Waals surface area contributed by atoms with Crippen molar-refractivity contribution in [1.82, 2.24) is 24.6 Å². The van der Waals surface area contributed by atoms with Crippen molar-refractivity contribution in [2.75, 3.05) is 12.3 Å². The monoisotopic (exact) mass is 570 g/mol. The number of carbonyl (C=O) groups is 1. The van der Waals surface area contributed by atoms with Gasteiger partial charge < -0.3 is 24.8 Å². The van der Waals surface area contributed by atoms with Crippen LogP contribution >= 0.6 is 7.75 Å². The maximum absolute atomic E-state index is 13.6. The topological polar surface area (TPSA) is 193 Å². The van der Waals surface area contributed by atoms with Crippen molar-refractivity contribution < 1.29 is 37.4 Å². The molecule has 0 bridgehead atoms. The van der Waals surface area contributed by atoms with Gasteiger partial charge in [-0.1, -0.05) is 6.58 Å². The van der Waals surface area contributed by atoms with Gasteiger partial charge in [-0.15, -0.1) is 0 Å². The number of allylic oxidation sites excluding steroid dienone is 5. The average Bonchev–Trinajstić information content (AvgIpc) is 3.43. The minimum absolute atomic E-state index is 0.00297. The number of hydrogen-bond acceptors (Lipinski definition) is 11. The first kappa shape index (κ1) is 30.2. The highest BCUT2D eigenvalue weighted by Gasteiger charge is 2.40. The lowest BCUT2D eigenvalue weighted by Gasteiger charge is -2.25. The Labute approximate surface area is 223 Å². The molecule has 214 valence electrons. The third-order valence-electron chi connectivity index (χ3n) is 5.37. The first-order chi connectivity index (χ1) is 18.3. The molecule has 3 heterocycles. The number of aliphatic hydroxyl groups excluding tert-OH is 1.